The van der Waals surface area contributed by atoms with Crippen molar-refractivity contribution in [1.29, 1.82) is 0 Å². The predicted octanol–water partition coefficient (Wildman–Crippen LogP) is 12.8. The third-order valence-electron chi connectivity index (χ3n) is 12.4. The van der Waals surface area contributed by atoms with Gasteiger partial charge in [0.15, 0.2) is 0 Å². The molecule has 3 aliphatic heterocycles. The van der Waals surface area contributed by atoms with Gasteiger partial charge < -0.3 is 14.2 Å². The third-order valence-corrected chi connectivity index (χ3v) is 13.8. The van der Waals surface area contributed by atoms with Gasteiger partial charge in [-0.2, -0.15) is 0 Å². The summed E-state index contributed by atoms with van der Waals surface area (Å²) in [5.41, 5.74) is 16.5. The maximum absolute atomic E-state index is 6.66. The van der Waals surface area contributed by atoms with Crippen molar-refractivity contribution in [2.24, 2.45) is 0 Å². The van der Waals surface area contributed by atoms with Gasteiger partial charge in [-0.25, -0.2) is 0 Å². The van der Waals surface area contributed by atoms with Gasteiger partial charge in [-0.3, -0.25) is 0 Å². The predicted molar refractivity (Wildman–Crippen MR) is 237 cm³/mol. The lowest BCUT2D eigenvalue weighted by Gasteiger charge is -2.48. The molecule has 3 nitrogen and oxygen atoms in total. The summed E-state index contributed by atoms with van der Waals surface area (Å²) in [5, 5.41) is 2.56. The third kappa shape index (κ3) is 5.33. The first-order chi connectivity index (χ1) is 26.2. The fourth-order valence-electron chi connectivity index (χ4n) is 9.35. The highest BCUT2D eigenvalue weighted by atomic mass is 32.2. The average Bonchev–Trinajstić information content (AvgIpc) is 3.71. The summed E-state index contributed by atoms with van der Waals surface area (Å²) in [5.74, 6) is 0. The minimum Gasteiger partial charge on any atom is -0.456 e. The van der Waals surface area contributed by atoms with E-state index in [0.29, 0.717) is 0 Å². The highest BCUT2D eigenvalue weighted by Gasteiger charge is 2.54. The van der Waals surface area contributed by atoms with Crippen LogP contribution in [0.1, 0.15) is 90.6 Å². The van der Waals surface area contributed by atoms with E-state index in [-0.39, 0.29) is 34.1 Å². The highest BCUT2D eigenvalue weighted by Crippen LogP contribution is 2.57. The molecule has 10 rings (SSSR count). The Morgan fingerprint density at radius 2 is 1.16 bits per heavy atom. The van der Waals surface area contributed by atoms with Gasteiger partial charge in [0.25, 0.3) is 0 Å². The molecule has 7 aromatic rings. The van der Waals surface area contributed by atoms with Crippen LogP contribution < -0.4 is 20.7 Å². The van der Waals surface area contributed by atoms with Crippen molar-refractivity contribution in [2.45, 2.75) is 94.6 Å². The Morgan fingerprint density at radius 1 is 0.545 bits per heavy atom. The molecule has 0 saturated carbocycles. The zero-order valence-electron chi connectivity index (χ0n) is 33.5. The van der Waals surface area contributed by atoms with E-state index in [0.717, 1.165) is 21.9 Å². The van der Waals surface area contributed by atoms with E-state index in [1.54, 1.807) is 0 Å². The second kappa shape index (κ2) is 11.8. The Morgan fingerprint density at radius 3 is 1.84 bits per heavy atom. The molecule has 5 heteroatoms. The number of benzene rings is 6. The summed E-state index contributed by atoms with van der Waals surface area (Å²) in [6, 6.07) is 46.4. The molecular weight excluding hydrogens is 687 g/mol. The fraction of sp³-hybridized carbons (Fsp3) is 0.280. The first-order valence-electron chi connectivity index (χ1n) is 19.9. The van der Waals surface area contributed by atoms with Crippen LogP contribution in [0.25, 0.3) is 21.9 Å². The van der Waals surface area contributed by atoms with E-state index in [1.807, 2.05) is 0 Å². The van der Waals surface area contributed by atoms with Crippen molar-refractivity contribution in [3.8, 4) is 0 Å². The zero-order chi connectivity index (χ0) is 38.2. The lowest BCUT2D eigenvalue weighted by Crippen LogP contribution is -2.62. The molecule has 0 N–H and O–H groups in total. The molecule has 6 aromatic carbocycles. The average molecular weight is 737 g/mol. The Hall–Kier alpha value is -4.87. The van der Waals surface area contributed by atoms with Gasteiger partial charge in [-0.1, -0.05) is 123 Å². The van der Waals surface area contributed by atoms with Crippen molar-refractivity contribution in [3.05, 3.63) is 144 Å². The number of furan rings is 1. The monoisotopic (exact) mass is 736 g/mol. The molecule has 0 bridgehead atoms. The number of hydrogen-bond donors (Lipinski definition) is 0. The van der Waals surface area contributed by atoms with Crippen LogP contribution in [-0.4, -0.2) is 11.9 Å². The highest BCUT2D eigenvalue weighted by molar-refractivity contribution is 8.02. The van der Waals surface area contributed by atoms with E-state index in [2.05, 4.69) is 205 Å². The lowest BCUT2D eigenvalue weighted by atomic mass is 9.33. The minimum atomic E-state index is 0.0457. The summed E-state index contributed by atoms with van der Waals surface area (Å²) in [6.45, 7) is 20.9. The fourth-order valence-corrected chi connectivity index (χ4v) is 10.9. The van der Waals surface area contributed by atoms with Gasteiger partial charge in [0.2, 0.25) is 6.71 Å². The normalized spacial score (nSPS) is 17.7. The number of hydrogen-bond acceptors (Lipinski definition) is 4. The van der Waals surface area contributed by atoms with Crippen molar-refractivity contribution in [3.63, 3.8) is 0 Å². The van der Waals surface area contributed by atoms with Crippen LogP contribution in [0.3, 0.4) is 0 Å². The van der Waals surface area contributed by atoms with Crippen molar-refractivity contribution < 1.29 is 4.42 Å². The minimum absolute atomic E-state index is 0.0457. The van der Waals surface area contributed by atoms with E-state index in [1.165, 1.54) is 66.5 Å². The Labute approximate surface area is 330 Å². The largest absolute Gasteiger partial charge is 0.456 e. The Bertz CT molecular complexity index is 2650. The maximum atomic E-state index is 6.66. The molecule has 0 amide bonds. The van der Waals surface area contributed by atoms with Gasteiger partial charge in [-0.05, 0) is 110 Å². The standard InChI is InChI=1S/C50H49BN2OS/c1-48(2,3)30-17-22-33(23-18-30)52-39-14-12-15-40-45(39)51(38-29-43-36(28-41(38)52)35-13-10-11-16-42(35)54-43)47-46(37-27-32(50(7,8)9)21-26-44(37)55-47)53(40)34-24-19-31(20-25-34)49(4,5)6/h10-29,46-47H,1-9H3. The van der Waals surface area contributed by atoms with E-state index in [9.17, 15) is 0 Å². The second-order valence-electron chi connectivity index (χ2n) is 19.0. The zero-order valence-corrected chi connectivity index (χ0v) is 34.3. The molecule has 2 unspecified atom stereocenters. The molecule has 0 saturated heterocycles. The van der Waals surface area contributed by atoms with Crippen LogP contribution in [0.15, 0.2) is 131 Å². The van der Waals surface area contributed by atoms with Gasteiger partial charge in [0.05, 0.1) is 6.04 Å². The lowest BCUT2D eigenvalue weighted by molar-refractivity contribution is 0.587. The molecule has 0 aliphatic carbocycles. The summed E-state index contributed by atoms with van der Waals surface area (Å²) < 4.78 is 6.66. The van der Waals surface area contributed by atoms with E-state index >= 15 is 0 Å². The molecule has 4 heterocycles. The number of nitrogens with zero attached hydrogens (tertiary/aromatic N) is 2. The molecule has 55 heavy (non-hydrogen) atoms. The molecule has 3 aliphatic rings. The van der Waals surface area contributed by atoms with Crippen molar-refractivity contribution in [1.82, 2.24) is 0 Å². The number of anilines is 5. The van der Waals surface area contributed by atoms with Gasteiger partial charge in [0, 0.05) is 49.3 Å². The topological polar surface area (TPSA) is 19.6 Å². The van der Waals surface area contributed by atoms with Crippen LogP contribution in [0.5, 0.6) is 0 Å². The number of fused-ring (bicyclic) bond motifs is 9. The molecule has 2 atom stereocenters. The van der Waals surface area contributed by atoms with Gasteiger partial charge in [0.1, 0.15) is 11.2 Å². The maximum Gasteiger partial charge on any atom is 0.233 e. The van der Waals surface area contributed by atoms with Crippen molar-refractivity contribution >= 4 is 79.8 Å². The summed E-state index contributed by atoms with van der Waals surface area (Å²) in [6.07, 6.45) is 0. The Kier molecular flexibility index (Phi) is 7.44. The van der Waals surface area contributed by atoms with Crippen LogP contribution in [0.2, 0.25) is 0 Å². The smallest absolute Gasteiger partial charge is 0.233 e. The van der Waals surface area contributed by atoms with E-state index < -0.39 is 0 Å². The molecule has 0 fully saturated rings. The van der Waals surface area contributed by atoms with Crippen LogP contribution in [0, 0.1) is 0 Å². The van der Waals surface area contributed by atoms with Gasteiger partial charge in [-0.15, -0.1) is 11.8 Å². The molecule has 1 aromatic heterocycles. The first-order valence-corrected chi connectivity index (χ1v) is 20.7. The molecule has 0 spiro atoms. The molecule has 0 radical (unpaired) electrons. The van der Waals surface area contributed by atoms with Gasteiger partial charge >= 0.3 is 0 Å². The molecule has 274 valence electrons. The Balaban J connectivity index is 1.26. The van der Waals surface area contributed by atoms with Crippen LogP contribution >= 0.6 is 11.8 Å². The van der Waals surface area contributed by atoms with Crippen LogP contribution in [0.4, 0.5) is 28.4 Å². The van der Waals surface area contributed by atoms with E-state index in [4.69, 9.17) is 4.42 Å². The first kappa shape index (κ1) is 34.6. The summed E-state index contributed by atoms with van der Waals surface area (Å²) in [4.78, 5) is 6.60. The number of thioether (sulfide) groups is 1. The number of para-hydroxylation sites is 1. The SMILES string of the molecule is CC(C)(C)c1ccc(N2c3cc4c(cc3B3c5c2cccc5N(c2ccc(C(C)(C)C)cc2)C2c5cc(C(C)(C)C)ccc5SC32)oc2ccccc24)cc1. The summed E-state index contributed by atoms with van der Waals surface area (Å²) >= 11 is 2.07. The number of rotatable bonds is 2. The quantitative estimate of drug-likeness (QED) is 0.165. The summed E-state index contributed by atoms with van der Waals surface area (Å²) in [7, 11) is 0. The molecular formula is C50H49BN2OS. The second-order valence-corrected chi connectivity index (χ2v) is 20.2. The van der Waals surface area contributed by atoms with Crippen LogP contribution in [-0.2, 0) is 16.2 Å². The van der Waals surface area contributed by atoms with Crippen molar-refractivity contribution in [2.75, 3.05) is 9.80 Å².